The van der Waals surface area contributed by atoms with E-state index in [4.69, 9.17) is 4.74 Å². The van der Waals surface area contributed by atoms with E-state index in [2.05, 4.69) is 52.4 Å². The summed E-state index contributed by atoms with van der Waals surface area (Å²) in [5.41, 5.74) is 3.09. The number of carbonyl (C=O) groups is 1. The van der Waals surface area contributed by atoms with E-state index < -0.39 is 0 Å². The van der Waals surface area contributed by atoms with Gasteiger partial charge in [0.05, 0.1) is 0 Å². The maximum Gasteiger partial charge on any atom is 0.298 e. The molecule has 0 radical (unpaired) electrons. The minimum Gasteiger partial charge on any atom is -0.430 e. The fourth-order valence-electron chi connectivity index (χ4n) is 3.46. The molecule has 1 aliphatic heterocycles. The molecule has 156 valence electrons. The van der Waals surface area contributed by atoms with E-state index in [0.717, 1.165) is 38.5 Å². The van der Waals surface area contributed by atoms with Gasteiger partial charge in [0.1, 0.15) is 5.75 Å². The average Bonchev–Trinajstić information content (AvgIpc) is 3.22. The maximum absolute atomic E-state index is 12.7. The fourth-order valence-corrected chi connectivity index (χ4v) is 4.02. The van der Waals surface area contributed by atoms with E-state index in [0.29, 0.717) is 22.9 Å². The Morgan fingerprint density at radius 2 is 1.73 bits per heavy atom. The molecule has 0 spiro atoms. The average molecular weight is 423 g/mol. The molecule has 0 unspecified atom stereocenters. The molecule has 1 amide bonds. The normalized spacial score (nSPS) is 14.7. The number of amides is 1. The van der Waals surface area contributed by atoms with Crippen LogP contribution in [0.5, 0.6) is 10.9 Å². The number of aryl methyl sites for hydroxylation is 1. The number of ether oxygens (including phenoxy) is 1. The largest absolute Gasteiger partial charge is 0.430 e. The summed E-state index contributed by atoms with van der Waals surface area (Å²) in [5, 5.41) is 0.506. The van der Waals surface area contributed by atoms with Crippen molar-refractivity contribution in [3.8, 4) is 10.9 Å². The minimum atomic E-state index is 0.0774. The number of piperazine rings is 1. The van der Waals surface area contributed by atoms with Crippen LogP contribution in [0, 0.1) is 6.92 Å². The van der Waals surface area contributed by atoms with E-state index in [1.165, 1.54) is 22.7 Å². The summed E-state index contributed by atoms with van der Waals surface area (Å²) < 4.78 is 10.2. The lowest BCUT2D eigenvalue weighted by molar-refractivity contribution is 0.0643. The van der Waals surface area contributed by atoms with Crippen molar-refractivity contribution in [3.05, 3.63) is 71.0 Å². The van der Waals surface area contributed by atoms with Crippen LogP contribution in [-0.4, -0.2) is 57.8 Å². The second-order valence-corrected chi connectivity index (χ2v) is 8.21. The second-order valence-electron chi connectivity index (χ2n) is 7.49. The van der Waals surface area contributed by atoms with Gasteiger partial charge in [-0.3, -0.25) is 4.79 Å². The zero-order valence-electron chi connectivity index (χ0n) is 17.4. The Bertz CT molecular complexity index is 977. The van der Waals surface area contributed by atoms with Crippen molar-refractivity contribution in [2.45, 2.75) is 20.3 Å². The summed E-state index contributed by atoms with van der Waals surface area (Å²) in [5.74, 6) is 1.48. The molecule has 1 aromatic heterocycles. The van der Waals surface area contributed by atoms with Crippen molar-refractivity contribution >= 4 is 17.4 Å². The molecular weight excluding hydrogens is 396 g/mol. The summed E-state index contributed by atoms with van der Waals surface area (Å²) in [6.45, 7) is 8.68. The predicted octanol–water partition coefficient (Wildman–Crippen LogP) is 4.01. The monoisotopic (exact) mass is 422 g/mol. The van der Waals surface area contributed by atoms with Crippen LogP contribution in [0.3, 0.4) is 0 Å². The highest BCUT2D eigenvalue weighted by atomic mass is 32.1. The van der Waals surface area contributed by atoms with Gasteiger partial charge in [-0.1, -0.05) is 36.8 Å². The van der Waals surface area contributed by atoms with Crippen LogP contribution < -0.4 is 4.74 Å². The van der Waals surface area contributed by atoms with Gasteiger partial charge in [0.15, 0.2) is 5.82 Å². The van der Waals surface area contributed by atoms with Crippen LogP contribution in [0.4, 0.5) is 0 Å². The number of benzene rings is 2. The molecule has 1 aliphatic rings. The molecule has 2 heterocycles. The van der Waals surface area contributed by atoms with E-state index in [1.54, 1.807) is 0 Å². The first kappa shape index (κ1) is 20.5. The quantitative estimate of drug-likeness (QED) is 0.601. The fraction of sp³-hybridized carbons (Fsp3) is 0.348. The van der Waals surface area contributed by atoms with Crippen LogP contribution in [0.1, 0.15) is 34.2 Å². The first-order valence-corrected chi connectivity index (χ1v) is 11.1. The van der Waals surface area contributed by atoms with Crippen LogP contribution in [0.2, 0.25) is 0 Å². The van der Waals surface area contributed by atoms with Crippen molar-refractivity contribution in [2.75, 3.05) is 32.7 Å². The van der Waals surface area contributed by atoms with Crippen molar-refractivity contribution in [3.63, 3.8) is 0 Å². The summed E-state index contributed by atoms with van der Waals surface area (Å²) in [6.07, 6.45) is 0.679. The third-order valence-electron chi connectivity index (χ3n) is 5.35. The van der Waals surface area contributed by atoms with E-state index >= 15 is 0 Å². The number of likely N-dealkylation sites (N-methyl/N-ethyl adjacent to an activating group) is 1. The number of carbonyl (C=O) groups excluding carboxylic acids is 1. The van der Waals surface area contributed by atoms with Crippen molar-refractivity contribution < 1.29 is 9.53 Å². The lowest BCUT2D eigenvalue weighted by Crippen LogP contribution is -2.48. The first-order chi connectivity index (χ1) is 14.6. The first-order valence-electron chi connectivity index (χ1n) is 10.3. The van der Waals surface area contributed by atoms with Crippen molar-refractivity contribution in [1.82, 2.24) is 19.2 Å². The van der Waals surface area contributed by atoms with Crippen LogP contribution in [0.25, 0.3) is 0 Å². The number of rotatable bonds is 6. The molecule has 0 bridgehead atoms. The predicted molar refractivity (Wildman–Crippen MR) is 118 cm³/mol. The van der Waals surface area contributed by atoms with Gasteiger partial charge in [0.2, 0.25) is 0 Å². The highest BCUT2D eigenvalue weighted by Gasteiger charge is 2.21. The van der Waals surface area contributed by atoms with Crippen LogP contribution >= 0.6 is 11.5 Å². The number of nitrogens with zero attached hydrogens (tertiary/aromatic N) is 4. The minimum absolute atomic E-state index is 0.0774. The van der Waals surface area contributed by atoms with E-state index in [9.17, 15) is 4.79 Å². The molecule has 0 aliphatic carbocycles. The molecule has 4 rings (SSSR count). The molecule has 1 saturated heterocycles. The van der Waals surface area contributed by atoms with Gasteiger partial charge in [-0.2, -0.15) is 9.36 Å². The lowest BCUT2D eigenvalue weighted by Gasteiger charge is -2.34. The molecule has 0 atom stereocenters. The Balaban J connectivity index is 1.34. The molecule has 1 fully saturated rings. The molecule has 7 heteroatoms. The zero-order valence-corrected chi connectivity index (χ0v) is 18.2. The Kier molecular flexibility index (Phi) is 6.40. The molecule has 2 aromatic carbocycles. The van der Waals surface area contributed by atoms with Gasteiger partial charge in [-0.15, -0.1) is 0 Å². The standard InChI is InChI=1S/C23H26N4O2S/c1-3-26-12-14-27(15-13-26)22(28)19-8-10-20(11-9-19)29-23-24-21(25-30-23)16-18-6-4-17(2)5-7-18/h4-11H,3,12-16H2,1-2H3. The van der Waals surface area contributed by atoms with Gasteiger partial charge in [-0.05, 0) is 43.3 Å². The Morgan fingerprint density at radius 3 is 2.40 bits per heavy atom. The SMILES string of the molecule is CCN1CCN(C(=O)c2ccc(Oc3nc(Cc4ccc(C)cc4)ns3)cc2)CC1. The third-order valence-corrected chi connectivity index (χ3v) is 5.98. The van der Waals surface area contributed by atoms with Crippen molar-refractivity contribution in [2.24, 2.45) is 0 Å². The lowest BCUT2D eigenvalue weighted by atomic mass is 10.1. The molecular formula is C23H26N4O2S. The third kappa shape index (κ3) is 5.04. The van der Waals surface area contributed by atoms with Crippen LogP contribution in [-0.2, 0) is 6.42 Å². The van der Waals surface area contributed by atoms with E-state index in [-0.39, 0.29) is 5.91 Å². The topological polar surface area (TPSA) is 58.6 Å². The zero-order chi connectivity index (χ0) is 20.9. The number of hydrogen-bond acceptors (Lipinski definition) is 6. The Hall–Kier alpha value is -2.77. The Labute approximate surface area is 181 Å². The molecule has 30 heavy (non-hydrogen) atoms. The summed E-state index contributed by atoms with van der Waals surface area (Å²) in [7, 11) is 0. The molecule has 0 saturated carbocycles. The van der Waals surface area contributed by atoms with E-state index in [1.807, 2.05) is 29.2 Å². The smallest absolute Gasteiger partial charge is 0.298 e. The molecule has 0 N–H and O–H groups in total. The molecule has 6 nitrogen and oxygen atoms in total. The Morgan fingerprint density at radius 1 is 1.03 bits per heavy atom. The number of hydrogen-bond donors (Lipinski definition) is 0. The highest BCUT2D eigenvalue weighted by Crippen LogP contribution is 2.24. The maximum atomic E-state index is 12.7. The highest BCUT2D eigenvalue weighted by molar-refractivity contribution is 7.07. The summed E-state index contributed by atoms with van der Waals surface area (Å²) >= 11 is 1.24. The van der Waals surface area contributed by atoms with Crippen molar-refractivity contribution in [1.29, 1.82) is 0 Å². The van der Waals surface area contributed by atoms with Gasteiger partial charge in [-0.25, -0.2) is 0 Å². The van der Waals surface area contributed by atoms with Gasteiger partial charge >= 0.3 is 0 Å². The van der Waals surface area contributed by atoms with Crippen LogP contribution in [0.15, 0.2) is 48.5 Å². The second kappa shape index (κ2) is 9.36. The molecule has 3 aromatic rings. The van der Waals surface area contributed by atoms with Gasteiger partial charge in [0.25, 0.3) is 11.1 Å². The number of aromatic nitrogens is 2. The van der Waals surface area contributed by atoms with Gasteiger partial charge in [0, 0.05) is 49.7 Å². The summed E-state index contributed by atoms with van der Waals surface area (Å²) in [4.78, 5) is 21.5. The van der Waals surface area contributed by atoms with Gasteiger partial charge < -0.3 is 14.5 Å². The summed E-state index contributed by atoms with van der Waals surface area (Å²) in [6, 6.07) is 15.6.